The van der Waals surface area contributed by atoms with E-state index in [-0.39, 0.29) is 11.7 Å². The van der Waals surface area contributed by atoms with Gasteiger partial charge in [-0.1, -0.05) is 5.16 Å². The molecule has 4 nitrogen and oxygen atoms in total. The Morgan fingerprint density at radius 1 is 1.15 bits per heavy atom. The molecule has 0 spiro atoms. The second-order valence-corrected chi connectivity index (χ2v) is 4.94. The molecule has 5 heteroatoms. The van der Waals surface area contributed by atoms with Crippen LogP contribution in [0.3, 0.4) is 0 Å². The summed E-state index contributed by atoms with van der Waals surface area (Å²) in [6.07, 6.45) is 3.24. The van der Waals surface area contributed by atoms with Crippen molar-refractivity contribution in [2.75, 3.05) is 13.1 Å². The summed E-state index contributed by atoms with van der Waals surface area (Å²) in [5.74, 6) is 0.0741. The van der Waals surface area contributed by atoms with Crippen molar-refractivity contribution >= 4 is 5.91 Å². The van der Waals surface area contributed by atoms with E-state index in [1.807, 2.05) is 0 Å². The Morgan fingerprint density at radius 2 is 1.85 bits per heavy atom. The van der Waals surface area contributed by atoms with Crippen molar-refractivity contribution in [1.82, 2.24) is 10.1 Å². The molecule has 0 unspecified atom stereocenters. The minimum Gasteiger partial charge on any atom is -0.355 e. The quantitative estimate of drug-likeness (QED) is 0.845. The average Bonchev–Trinajstić information content (AvgIpc) is 2.98. The van der Waals surface area contributed by atoms with E-state index >= 15 is 0 Å². The van der Waals surface area contributed by atoms with Crippen LogP contribution in [0.5, 0.6) is 0 Å². The normalized spacial score (nSPS) is 15.3. The van der Waals surface area contributed by atoms with Crippen molar-refractivity contribution in [2.24, 2.45) is 0 Å². The van der Waals surface area contributed by atoms with Gasteiger partial charge in [0.25, 0.3) is 5.91 Å². The lowest BCUT2D eigenvalue weighted by atomic mass is 10.1. The molecule has 20 heavy (non-hydrogen) atoms. The summed E-state index contributed by atoms with van der Waals surface area (Å²) in [5.41, 5.74) is 1.02. The highest BCUT2D eigenvalue weighted by Crippen LogP contribution is 2.22. The first-order valence-corrected chi connectivity index (χ1v) is 6.76. The summed E-state index contributed by atoms with van der Waals surface area (Å²) < 4.78 is 18.1. The standard InChI is InChI=1S/C15H15FN2O2/c16-12-6-4-11(5-7-12)14-10-13(17-20-14)15(19)18-8-2-1-3-9-18/h4-7,10H,1-3,8-9H2. The van der Waals surface area contributed by atoms with E-state index in [1.165, 1.54) is 18.6 Å². The molecule has 3 rings (SSSR count). The lowest BCUT2D eigenvalue weighted by molar-refractivity contribution is 0.0714. The molecule has 0 atom stereocenters. The number of amides is 1. The van der Waals surface area contributed by atoms with Crippen LogP contribution >= 0.6 is 0 Å². The van der Waals surface area contributed by atoms with Crippen LogP contribution in [0, 0.1) is 5.82 Å². The summed E-state index contributed by atoms with van der Waals surface area (Å²) in [6.45, 7) is 1.55. The van der Waals surface area contributed by atoms with Crippen LogP contribution in [0.2, 0.25) is 0 Å². The molecule has 1 saturated heterocycles. The van der Waals surface area contributed by atoms with Crippen LogP contribution in [0.4, 0.5) is 4.39 Å². The second kappa shape index (κ2) is 5.45. The van der Waals surface area contributed by atoms with Gasteiger partial charge in [0.2, 0.25) is 0 Å². The Morgan fingerprint density at radius 3 is 2.55 bits per heavy atom. The van der Waals surface area contributed by atoms with Gasteiger partial charge < -0.3 is 9.42 Å². The Hall–Kier alpha value is -2.17. The van der Waals surface area contributed by atoms with Gasteiger partial charge in [0.15, 0.2) is 11.5 Å². The van der Waals surface area contributed by atoms with E-state index in [0.717, 1.165) is 25.9 Å². The highest BCUT2D eigenvalue weighted by molar-refractivity contribution is 5.93. The maximum atomic E-state index is 12.9. The van der Waals surface area contributed by atoms with Crippen LogP contribution in [0.25, 0.3) is 11.3 Å². The number of rotatable bonds is 2. The van der Waals surface area contributed by atoms with Crippen LogP contribution < -0.4 is 0 Å². The molecule has 1 fully saturated rings. The first-order valence-electron chi connectivity index (χ1n) is 6.76. The highest BCUT2D eigenvalue weighted by Gasteiger charge is 2.21. The number of piperidine rings is 1. The van der Waals surface area contributed by atoms with Crippen molar-refractivity contribution in [3.05, 3.63) is 41.8 Å². The lowest BCUT2D eigenvalue weighted by Crippen LogP contribution is -2.35. The molecule has 1 aliphatic heterocycles. The van der Waals surface area contributed by atoms with Crippen molar-refractivity contribution in [3.63, 3.8) is 0 Å². The fourth-order valence-corrected chi connectivity index (χ4v) is 2.39. The molecule has 1 aromatic heterocycles. The van der Waals surface area contributed by atoms with Gasteiger partial charge in [-0.2, -0.15) is 0 Å². The molecule has 0 N–H and O–H groups in total. The van der Waals surface area contributed by atoms with E-state index in [9.17, 15) is 9.18 Å². The SMILES string of the molecule is O=C(c1cc(-c2ccc(F)cc2)on1)N1CCCCC1. The van der Waals surface area contributed by atoms with Crippen LogP contribution in [0.1, 0.15) is 29.8 Å². The van der Waals surface area contributed by atoms with Crippen LogP contribution in [0.15, 0.2) is 34.9 Å². The molecule has 2 aromatic rings. The minimum absolute atomic E-state index is 0.0955. The summed E-state index contributed by atoms with van der Waals surface area (Å²) >= 11 is 0. The van der Waals surface area contributed by atoms with E-state index in [2.05, 4.69) is 5.16 Å². The minimum atomic E-state index is -0.308. The Balaban J connectivity index is 1.79. The summed E-state index contributed by atoms with van der Waals surface area (Å²) in [4.78, 5) is 14.0. The number of hydrogen-bond donors (Lipinski definition) is 0. The van der Waals surface area contributed by atoms with Crippen molar-refractivity contribution in [3.8, 4) is 11.3 Å². The van der Waals surface area contributed by atoms with Crippen LogP contribution in [-0.4, -0.2) is 29.1 Å². The first-order chi connectivity index (χ1) is 9.74. The Labute approximate surface area is 116 Å². The number of benzene rings is 1. The fraction of sp³-hybridized carbons (Fsp3) is 0.333. The topological polar surface area (TPSA) is 46.3 Å². The molecule has 0 bridgehead atoms. The zero-order valence-electron chi connectivity index (χ0n) is 11.0. The van der Waals surface area contributed by atoms with Gasteiger partial charge in [0.1, 0.15) is 5.82 Å². The number of carbonyl (C=O) groups is 1. The maximum Gasteiger partial charge on any atom is 0.276 e. The molecular weight excluding hydrogens is 259 g/mol. The third-order valence-electron chi connectivity index (χ3n) is 3.50. The molecular formula is C15H15FN2O2. The van der Waals surface area contributed by atoms with Gasteiger partial charge >= 0.3 is 0 Å². The van der Waals surface area contributed by atoms with E-state index in [4.69, 9.17) is 4.52 Å². The number of nitrogens with zero attached hydrogens (tertiary/aromatic N) is 2. The average molecular weight is 274 g/mol. The smallest absolute Gasteiger partial charge is 0.276 e. The van der Waals surface area contributed by atoms with Gasteiger partial charge in [0, 0.05) is 24.7 Å². The largest absolute Gasteiger partial charge is 0.355 e. The molecule has 104 valence electrons. The molecule has 0 aliphatic carbocycles. The molecule has 2 heterocycles. The monoisotopic (exact) mass is 274 g/mol. The van der Waals surface area contributed by atoms with Gasteiger partial charge in [0.05, 0.1) is 0 Å². The third-order valence-corrected chi connectivity index (χ3v) is 3.50. The van der Waals surface area contributed by atoms with Crippen molar-refractivity contribution in [2.45, 2.75) is 19.3 Å². The summed E-state index contributed by atoms with van der Waals surface area (Å²) in [5, 5.41) is 3.83. The first kappa shape index (κ1) is 12.8. The van der Waals surface area contributed by atoms with E-state index < -0.39 is 0 Å². The number of aromatic nitrogens is 1. The van der Waals surface area contributed by atoms with Gasteiger partial charge in [-0.3, -0.25) is 4.79 Å². The predicted molar refractivity (Wildman–Crippen MR) is 71.7 cm³/mol. The number of hydrogen-bond acceptors (Lipinski definition) is 3. The highest BCUT2D eigenvalue weighted by atomic mass is 19.1. The predicted octanol–water partition coefficient (Wildman–Crippen LogP) is 3.11. The zero-order chi connectivity index (χ0) is 13.9. The maximum absolute atomic E-state index is 12.9. The van der Waals surface area contributed by atoms with Gasteiger partial charge in [-0.05, 0) is 43.5 Å². The Bertz CT molecular complexity index is 601. The third kappa shape index (κ3) is 2.57. The molecule has 1 aliphatic rings. The molecule has 1 amide bonds. The van der Waals surface area contributed by atoms with E-state index in [0.29, 0.717) is 17.0 Å². The summed E-state index contributed by atoms with van der Waals surface area (Å²) in [6, 6.07) is 7.52. The molecule has 1 aromatic carbocycles. The van der Waals surface area contributed by atoms with Crippen molar-refractivity contribution in [1.29, 1.82) is 0 Å². The van der Waals surface area contributed by atoms with E-state index in [1.54, 1.807) is 23.1 Å². The number of likely N-dealkylation sites (tertiary alicyclic amines) is 1. The van der Waals surface area contributed by atoms with Gasteiger partial charge in [-0.15, -0.1) is 0 Å². The molecule has 0 saturated carbocycles. The number of carbonyl (C=O) groups excluding carboxylic acids is 1. The lowest BCUT2D eigenvalue weighted by Gasteiger charge is -2.25. The Kier molecular flexibility index (Phi) is 3.50. The zero-order valence-corrected chi connectivity index (χ0v) is 11.0. The fourth-order valence-electron chi connectivity index (χ4n) is 2.39. The summed E-state index contributed by atoms with van der Waals surface area (Å²) in [7, 11) is 0. The second-order valence-electron chi connectivity index (χ2n) is 4.94. The van der Waals surface area contributed by atoms with Crippen LogP contribution in [-0.2, 0) is 0 Å². The number of halogens is 1. The van der Waals surface area contributed by atoms with Gasteiger partial charge in [-0.25, -0.2) is 4.39 Å². The molecule has 0 radical (unpaired) electrons. The van der Waals surface area contributed by atoms with Crippen molar-refractivity contribution < 1.29 is 13.7 Å².